The topological polar surface area (TPSA) is 95.7 Å². The van der Waals surface area contributed by atoms with Gasteiger partial charge in [-0.3, -0.25) is 9.71 Å². The highest BCUT2D eigenvalue weighted by atomic mass is 32.2. The Labute approximate surface area is 223 Å². The molecule has 0 saturated carbocycles. The number of hydrogen-bond acceptors (Lipinski definition) is 6. The molecule has 1 aromatic carbocycles. The monoisotopic (exact) mass is 557 g/mol. The van der Waals surface area contributed by atoms with Gasteiger partial charge in [-0.15, -0.1) is 5.10 Å². The SMILES string of the molecule is O=S(=O)(Nc1cnc2ccc(N3C[C@@H](F)C[C@@H]3c3cc(F)ccc3F)nn12)N1CCC(c2ccncc2)CC1. The molecule has 0 radical (unpaired) electrons. The molecule has 0 spiro atoms. The summed E-state index contributed by atoms with van der Waals surface area (Å²) in [6.45, 7) is 0.635. The van der Waals surface area contributed by atoms with Gasteiger partial charge in [0.05, 0.1) is 18.8 Å². The van der Waals surface area contributed by atoms with E-state index in [0.29, 0.717) is 31.6 Å². The van der Waals surface area contributed by atoms with E-state index in [1.807, 2.05) is 12.1 Å². The minimum Gasteiger partial charge on any atom is -0.345 e. The zero-order valence-electron chi connectivity index (χ0n) is 20.8. The lowest BCUT2D eigenvalue weighted by Crippen LogP contribution is -2.41. The molecule has 0 aliphatic carbocycles. The molecule has 2 atom stereocenters. The third-order valence-electron chi connectivity index (χ3n) is 7.41. The number of imidazole rings is 1. The number of nitrogens with zero attached hydrogens (tertiary/aromatic N) is 6. The maximum atomic E-state index is 14.6. The van der Waals surface area contributed by atoms with Crippen LogP contribution in [0.25, 0.3) is 5.65 Å². The number of nitrogens with one attached hydrogen (secondary N) is 1. The van der Waals surface area contributed by atoms with Gasteiger partial charge in [0.2, 0.25) is 0 Å². The van der Waals surface area contributed by atoms with Crippen molar-refractivity contribution < 1.29 is 21.6 Å². The van der Waals surface area contributed by atoms with Gasteiger partial charge < -0.3 is 4.90 Å². The number of hydrogen-bond donors (Lipinski definition) is 1. The van der Waals surface area contributed by atoms with Crippen molar-refractivity contribution in [3.63, 3.8) is 0 Å². The highest BCUT2D eigenvalue weighted by Gasteiger charge is 2.36. The van der Waals surface area contributed by atoms with E-state index in [1.165, 1.54) is 15.0 Å². The molecule has 9 nitrogen and oxygen atoms in total. The van der Waals surface area contributed by atoms with Gasteiger partial charge in [0.1, 0.15) is 23.6 Å². The lowest BCUT2D eigenvalue weighted by molar-refractivity contribution is 0.321. The largest absolute Gasteiger partial charge is 0.345 e. The van der Waals surface area contributed by atoms with Crippen molar-refractivity contribution in [2.75, 3.05) is 29.3 Å². The molecule has 6 rings (SSSR count). The quantitative estimate of drug-likeness (QED) is 0.381. The summed E-state index contributed by atoms with van der Waals surface area (Å²) in [5.41, 5.74) is 1.55. The number of aromatic nitrogens is 4. The highest BCUT2D eigenvalue weighted by Crippen LogP contribution is 2.38. The second-order valence-electron chi connectivity index (χ2n) is 9.83. The summed E-state index contributed by atoms with van der Waals surface area (Å²) in [5.74, 6) is -0.589. The third-order valence-corrected chi connectivity index (χ3v) is 8.93. The van der Waals surface area contributed by atoms with Crippen LogP contribution in [0.1, 0.15) is 42.3 Å². The molecule has 2 fully saturated rings. The number of fused-ring (bicyclic) bond motifs is 1. The van der Waals surface area contributed by atoms with Gasteiger partial charge >= 0.3 is 10.2 Å². The van der Waals surface area contributed by atoms with E-state index >= 15 is 0 Å². The standard InChI is InChI=1S/C26H26F3N7O2S/c27-19-1-2-22(29)21(13-19)23-14-20(28)16-35(23)25-4-3-24-31-15-26(36(24)32-25)33-39(37,38)34-11-7-18(8-12-34)17-5-9-30-10-6-17/h1-6,9-10,13,15,18,20,23,33H,7-8,11-12,14,16H2/t20-,23+/m0/s1. The predicted octanol–water partition coefficient (Wildman–Crippen LogP) is 4.23. The molecule has 1 N–H and O–H groups in total. The fraction of sp³-hybridized carbons (Fsp3) is 0.346. The van der Waals surface area contributed by atoms with Gasteiger partial charge in [-0.2, -0.15) is 17.2 Å². The van der Waals surface area contributed by atoms with Crippen molar-refractivity contribution >= 4 is 27.5 Å². The molecular weight excluding hydrogens is 531 g/mol. The summed E-state index contributed by atoms with van der Waals surface area (Å²) in [6, 6.07) is 9.46. The van der Waals surface area contributed by atoms with E-state index in [1.54, 1.807) is 29.4 Å². The Morgan fingerprint density at radius 2 is 1.77 bits per heavy atom. The molecule has 2 aliphatic heterocycles. The van der Waals surface area contributed by atoms with Crippen molar-refractivity contribution in [1.29, 1.82) is 0 Å². The van der Waals surface area contributed by atoms with E-state index in [9.17, 15) is 21.6 Å². The Morgan fingerprint density at radius 1 is 1.00 bits per heavy atom. The van der Waals surface area contributed by atoms with Crippen LogP contribution in [0.5, 0.6) is 0 Å². The fourth-order valence-electron chi connectivity index (χ4n) is 5.45. The minimum absolute atomic E-state index is 0.0288. The lowest BCUT2D eigenvalue weighted by atomic mass is 9.91. The fourth-order valence-corrected chi connectivity index (χ4v) is 6.68. The molecule has 0 unspecified atom stereocenters. The predicted molar refractivity (Wildman–Crippen MR) is 139 cm³/mol. The number of anilines is 2. The Hall–Kier alpha value is -3.71. The van der Waals surface area contributed by atoms with Crippen molar-refractivity contribution in [2.24, 2.45) is 0 Å². The van der Waals surface area contributed by atoms with Crippen molar-refractivity contribution in [3.05, 3.63) is 83.8 Å². The number of rotatable bonds is 6. The molecule has 2 aliphatic rings. The lowest BCUT2D eigenvalue weighted by Gasteiger charge is -2.31. The number of piperidine rings is 1. The molecule has 4 aromatic rings. The summed E-state index contributed by atoms with van der Waals surface area (Å²) >= 11 is 0. The van der Waals surface area contributed by atoms with Crippen LogP contribution in [0.4, 0.5) is 24.8 Å². The smallest absolute Gasteiger partial charge is 0.302 e. The van der Waals surface area contributed by atoms with E-state index in [0.717, 1.165) is 23.8 Å². The summed E-state index contributed by atoms with van der Waals surface area (Å²) < 4.78 is 74.7. The van der Waals surface area contributed by atoms with Gasteiger partial charge in [0.15, 0.2) is 11.5 Å². The normalized spacial score (nSPS) is 21.1. The molecule has 13 heteroatoms. The van der Waals surface area contributed by atoms with Crippen LogP contribution in [-0.4, -0.2) is 58.1 Å². The summed E-state index contributed by atoms with van der Waals surface area (Å²) in [5, 5.41) is 4.51. The van der Waals surface area contributed by atoms with Gasteiger partial charge in [-0.05, 0) is 66.8 Å². The Bertz CT molecular complexity index is 1590. The summed E-state index contributed by atoms with van der Waals surface area (Å²) in [4.78, 5) is 9.83. The van der Waals surface area contributed by atoms with Crippen molar-refractivity contribution in [2.45, 2.75) is 37.4 Å². The minimum atomic E-state index is -3.90. The van der Waals surface area contributed by atoms with Crippen LogP contribution in [0.2, 0.25) is 0 Å². The molecular formula is C26H26F3N7O2S. The Morgan fingerprint density at radius 3 is 2.54 bits per heavy atom. The average molecular weight is 558 g/mol. The zero-order valence-corrected chi connectivity index (χ0v) is 21.6. The number of pyridine rings is 1. The summed E-state index contributed by atoms with van der Waals surface area (Å²) in [7, 11) is -3.90. The van der Waals surface area contributed by atoms with Crippen LogP contribution in [0.15, 0.2) is 61.1 Å². The first-order valence-electron chi connectivity index (χ1n) is 12.7. The number of benzene rings is 1. The Balaban J connectivity index is 1.23. The number of alkyl halides is 1. The van der Waals surface area contributed by atoms with Gasteiger partial charge in [0.25, 0.3) is 0 Å². The zero-order chi connectivity index (χ0) is 27.1. The van der Waals surface area contributed by atoms with Crippen molar-refractivity contribution in [1.82, 2.24) is 23.9 Å². The molecule has 0 amide bonds. The van der Waals surface area contributed by atoms with Crippen LogP contribution in [-0.2, 0) is 10.2 Å². The molecule has 204 valence electrons. The molecule has 3 aromatic heterocycles. The molecule has 0 bridgehead atoms. The second-order valence-corrected chi connectivity index (χ2v) is 11.5. The first-order chi connectivity index (χ1) is 18.8. The van der Waals surface area contributed by atoms with E-state index < -0.39 is 34.1 Å². The third kappa shape index (κ3) is 5.03. The summed E-state index contributed by atoms with van der Waals surface area (Å²) in [6.07, 6.45) is 4.89. The van der Waals surface area contributed by atoms with Crippen LogP contribution < -0.4 is 9.62 Å². The maximum Gasteiger partial charge on any atom is 0.302 e. The van der Waals surface area contributed by atoms with Gasteiger partial charge in [-0.1, -0.05) is 0 Å². The van der Waals surface area contributed by atoms with Gasteiger partial charge in [0, 0.05) is 37.5 Å². The van der Waals surface area contributed by atoms with Crippen LogP contribution in [0, 0.1) is 11.6 Å². The first kappa shape index (κ1) is 25.6. The van der Waals surface area contributed by atoms with Crippen molar-refractivity contribution in [3.8, 4) is 0 Å². The first-order valence-corrected chi connectivity index (χ1v) is 14.1. The molecule has 2 saturated heterocycles. The average Bonchev–Trinajstić information content (AvgIpc) is 3.53. The van der Waals surface area contributed by atoms with E-state index in [2.05, 4.69) is 19.8 Å². The number of halogens is 3. The maximum absolute atomic E-state index is 14.6. The van der Waals surface area contributed by atoms with E-state index in [4.69, 9.17) is 0 Å². The Kier molecular flexibility index (Phi) is 6.63. The van der Waals surface area contributed by atoms with Crippen LogP contribution in [0.3, 0.4) is 0 Å². The molecule has 5 heterocycles. The van der Waals surface area contributed by atoms with E-state index in [-0.39, 0.29) is 36.1 Å². The van der Waals surface area contributed by atoms with Crippen LogP contribution >= 0.6 is 0 Å². The highest BCUT2D eigenvalue weighted by molar-refractivity contribution is 7.90. The second kappa shape index (κ2) is 10.1. The van der Waals surface area contributed by atoms with Gasteiger partial charge in [-0.25, -0.2) is 18.2 Å². The molecule has 39 heavy (non-hydrogen) atoms.